The van der Waals surface area contributed by atoms with Crippen molar-refractivity contribution >= 4 is 23.5 Å². The van der Waals surface area contributed by atoms with Gasteiger partial charge in [0.05, 0.1) is 5.69 Å². The summed E-state index contributed by atoms with van der Waals surface area (Å²) >= 11 is 5.69. The second-order valence-electron chi connectivity index (χ2n) is 3.94. The third-order valence-corrected chi connectivity index (χ3v) is 2.75. The van der Waals surface area contributed by atoms with Crippen LogP contribution < -0.4 is 0 Å². The van der Waals surface area contributed by atoms with E-state index in [-0.39, 0.29) is 0 Å². The van der Waals surface area contributed by atoms with Crippen molar-refractivity contribution in [2.45, 2.75) is 6.18 Å². The van der Waals surface area contributed by atoms with Gasteiger partial charge in [0, 0.05) is 11.2 Å². The van der Waals surface area contributed by atoms with Gasteiger partial charge in [-0.2, -0.15) is 13.2 Å². The first-order valence-electron chi connectivity index (χ1n) is 5.53. The number of alkyl halides is 3. The molecule has 0 atom stereocenters. The van der Waals surface area contributed by atoms with Gasteiger partial charge in [-0.3, -0.25) is 4.99 Å². The predicted molar refractivity (Wildman–Crippen MR) is 70.1 cm³/mol. The first kappa shape index (κ1) is 14.5. The zero-order valence-electron chi connectivity index (χ0n) is 9.96. The van der Waals surface area contributed by atoms with Crippen molar-refractivity contribution < 1.29 is 17.6 Å². The van der Waals surface area contributed by atoms with Crippen molar-refractivity contribution in [3.8, 4) is 0 Å². The van der Waals surface area contributed by atoms with E-state index in [2.05, 4.69) is 4.99 Å². The number of benzene rings is 2. The molecule has 0 N–H and O–H groups in total. The van der Waals surface area contributed by atoms with Gasteiger partial charge in [0.1, 0.15) is 11.4 Å². The molecule has 2 aromatic carbocycles. The van der Waals surface area contributed by atoms with Crippen molar-refractivity contribution in [1.82, 2.24) is 0 Å². The largest absolute Gasteiger partial charge is 0.421 e. The molecule has 0 radical (unpaired) electrons. The van der Waals surface area contributed by atoms with E-state index in [0.29, 0.717) is 10.6 Å². The SMILES string of the molecule is Fc1cccc(/N=C/c2ccc(Cl)cc2)c1C(F)(F)F. The van der Waals surface area contributed by atoms with Crippen molar-refractivity contribution in [3.05, 3.63) is 64.4 Å². The van der Waals surface area contributed by atoms with Crippen LogP contribution in [0.2, 0.25) is 5.02 Å². The maximum atomic E-state index is 13.3. The molecular formula is C14H8ClF4N. The Labute approximate surface area is 117 Å². The first-order valence-corrected chi connectivity index (χ1v) is 5.91. The Bertz CT molecular complexity index is 633. The quantitative estimate of drug-likeness (QED) is 0.531. The summed E-state index contributed by atoms with van der Waals surface area (Å²) in [5.41, 5.74) is -1.27. The lowest BCUT2D eigenvalue weighted by molar-refractivity contribution is -0.139. The van der Waals surface area contributed by atoms with E-state index in [4.69, 9.17) is 11.6 Å². The van der Waals surface area contributed by atoms with Crippen LogP contribution in [0.25, 0.3) is 0 Å². The molecule has 0 saturated heterocycles. The lowest BCUT2D eigenvalue weighted by Crippen LogP contribution is -2.08. The van der Waals surface area contributed by atoms with Crippen molar-refractivity contribution in [2.24, 2.45) is 4.99 Å². The zero-order chi connectivity index (χ0) is 14.8. The van der Waals surface area contributed by atoms with Crippen LogP contribution in [-0.2, 0) is 6.18 Å². The van der Waals surface area contributed by atoms with E-state index in [1.54, 1.807) is 24.3 Å². The Hall–Kier alpha value is -1.88. The van der Waals surface area contributed by atoms with Crippen LogP contribution >= 0.6 is 11.6 Å². The van der Waals surface area contributed by atoms with Gasteiger partial charge in [-0.05, 0) is 29.8 Å². The van der Waals surface area contributed by atoms with Crippen molar-refractivity contribution in [1.29, 1.82) is 0 Å². The maximum Gasteiger partial charge on any atom is 0.421 e. The van der Waals surface area contributed by atoms with E-state index >= 15 is 0 Å². The van der Waals surface area contributed by atoms with Gasteiger partial charge >= 0.3 is 6.18 Å². The van der Waals surface area contributed by atoms with Crippen LogP contribution in [0.3, 0.4) is 0 Å². The lowest BCUT2D eigenvalue weighted by Gasteiger charge is -2.10. The Morgan fingerprint density at radius 2 is 1.65 bits per heavy atom. The molecule has 0 aliphatic carbocycles. The molecule has 2 aromatic rings. The van der Waals surface area contributed by atoms with E-state index in [0.717, 1.165) is 12.1 Å². The molecule has 2 rings (SSSR count). The molecule has 0 aromatic heterocycles. The van der Waals surface area contributed by atoms with Gasteiger partial charge in [-0.15, -0.1) is 0 Å². The predicted octanol–water partition coefficient (Wildman–Crippen LogP) is 5.25. The molecule has 0 aliphatic rings. The average Bonchev–Trinajstić information content (AvgIpc) is 2.36. The highest BCUT2D eigenvalue weighted by molar-refractivity contribution is 6.30. The Morgan fingerprint density at radius 1 is 1.00 bits per heavy atom. The Morgan fingerprint density at radius 3 is 2.25 bits per heavy atom. The van der Waals surface area contributed by atoms with E-state index in [1.165, 1.54) is 12.3 Å². The monoisotopic (exact) mass is 301 g/mol. The second kappa shape index (κ2) is 5.63. The highest BCUT2D eigenvalue weighted by Crippen LogP contribution is 2.38. The summed E-state index contributed by atoms with van der Waals surface area (Å²) in [5.74, 6) is -1.34. The molecule has 6 heteroatoms. The molecule has 0 bridgehead atoms. The molecule has 0 heterocycles. The minimum Gasteiger partial charge on any atom is -0.256 e. The van der Waals surface area contributed by atoms with Crippen LogP contribution in [0.4, 0.5) is 23.2 Å². The van der Waals surface area contributed by atoms with Crippen molar-refractivity contribution in [3.63, 3.8) is 0 Å². The minimum absolute atomic E-state index is 0.465. The van der Waals surface area contributed by atoms with E-state index < -0.39 is 23.2 Å². The summed E-state index contributed by atoms with van der Waals surface area (Å²) in [6.07, 6.45) is -3.57. The number of aliphatic imine (C=N–C) groups is 1. The minimum atomic E-state index is -4.79. The summed E-state index contributed by atoms with van der Waals surface area (Å²) in [5, 5.41) is 0.504. The molecule has 20 heavy (non-hydrogen) atoms. The molecule has 0 fully saturated rings. The molecule has 0 amide bonds. The number of halogens is 5. The van der Waals surface area contributed by atoms with E-state index in [9.17, 15) is 17.6 Å². The zero-order valence-corrected chi connectivity index (χ0v) is 10.7. The molecule has 0 spiro atoms. The number of nitrogens with zero attached hydrogens (tertiary/aromatic N) is 1. The number of hydrogen-bond donors (Lipinski definition) is 0. The summed E-state index contributed by atoms with van der Waals surface area (Å²) < 4.78 is 51.6. The van der Waals surface area contributed by atoms with Gasteiger partial charge in [0.15, 0.2) is 0 Å². The normalized spacial score (nSPS) is 12.1. The van der Waals surface area contributed by atoms with E-state index in [1.807, 2.05) is 0 Å². The number of rotatable bonds is 2. The fourth-order valence-corrected chi connectivity index (χ4v) is 1.72. The molecule has 0 saturated carbocycles. The van der Waals surface area contributed by atoms with Crippen LogP contribution in [0.15, 0.2) is 47.5 Å². The molecule has 104 valence electrons. The summed E-state index contributed by atoms with van der Waals surface area (Å²) in [6, 6.07) is 9.40. The molecular weight excluding hydrogens is 294 g/mol. The van der Waals surface area contributed by atoms with Crippen LogP contribution in [0, 0.1) is 5.82 Å². The summed E-state index contributed by atoms with van der Waals surface area (Å²) in [6.45, 7) is 0. The van der Waals surface area contributed by atoms with Crippen LogP contribution in [0.1, 0.15) is 11.1 Å². The third-order valence-electron chi connectivity index (χ3n) is 2.50. The fraction of sp³-hybridized carbons (Fsp3) is 0.0714. The summed E-state index contributed by atoms with van der Waals surface area (Å²) in [4.78, 5) is 3.71. The third kappa shape index (κ3) is 3.36. The van der Waals surface area contributed by atoms with Gasteiger partial charge in [0.25, 0.3) is 0 Å². The Balaban J connectivity index is 2.39. The van der Waals surface area contributed by atoms with Crippen LogP contribution in [0.5, 0.6) is 0 Å². The average molecular weight is 302 g/mol. The van der Waals surface area contributed by atoms with Gasteiger partial charge < -0.3 is 0 Å². The smallest absolute Gasteiger partial charge is 0.256 e. The fourth-order valence-electron chi connectivity index (χ4n) is 1.59. The van der Waals surface area contributed by atoms with Gasteiger partial charge in [-0.25, -0.2) is 4.39 Å². The topological polar surface area (TPSA) is 12.4 Å². The van der Waals surface area contributed by atoms with Gasteiger partial charge in [-0.1, -0.05) is 29.8 Å². The second-order valence-corrected chi connectivity index (χ2v) is 4.38. The van der Waals surface area contributed by atoms with Crippen LogP contribution in [-0.4, -0.2) is 6.21 Å². The molecule has 0 unspecified atom stereocenters. The highest BCUT2D eigenvalue weighted by atomic mass is 35.5. The van der Waals surface area contributed by atoms with Gasteiger partial charge in [0.2, 0.25) is 0 Å². The standard InChI is InChI=1S/C14H8ClF4N/c15-10-6-4-9(5-7-10)8-20-12-3-1-2-11(16)13(12)14(17,18)19/h1-8H/b20-8+. The van der Waals surface area contributed by atoms with Crippen molar-refractivity contribution in [2.75, 3.05) is 0 Å². The lowest BCUT2D eigenvalue weighted by atomic mass is 10.1. The number of hydrogen-bond acceptors (Lipinski definition) is 1. The molecule has 1 nitrogen and oxygen atoms in total. The summed E-state index contributed by atoms with van der Waals surface area (Å²) in [7, 11) is 0. The first-order chi connectivity index (χ1) is 9.38. The maximum absolute atomic E-state index is 13.3. The Kier molecular flexibility index (Phi) is 4.09. The highest BCUT2D eigenvalue weighted by Gasteiger charge is 2.36. The molecule has 0 aliphatic heterocycles.